The van der Waals surface area contributed by atoms with Crippen molar-refractivity contribution in [1.82, 2.24) is 19.8 Å². The Hall–Kier alpha value is -2.05. The Balaban J connectivity index is 2.67. The summed E-state index contributed by atoms with van der Waals surface area (Å²) in [5.74, 6) is -0.367. The fourth-order valence-electron chi connectivity index (χ4n) is 1.51. The van der Waals surface area contributed by atoms with Gasteiger partial charge in [0.15, 0.2) is 0 Å². The van der Waals surface area contributed by atoms with E-state index in [1.54, 1.807) is 33.3 Å². The number of aliphatic carboxylic acids is 1. The summed E-state index contributed by atoms with van der Waals surface area (Å²) >= 11 is 0. The second-order valence-electron chi connectivity index (χ2n) is 4.29. The summed E-state index contributed by atoms with van der Waals surface area (Å²) in [5.41, 5.74) is 0. The van der Waals surface area contributed by atoms with Crippen molar-refractivity contribution in [2.45, 2.75) is 26.4 Å². The van der Waals surface area contributed by atoms with Crippen LogP contribution in [0, 0.1) is 0 Å². The van der Waals surface area contributed by atoms with E-state index in [-0.39, 0.29) is 18.6 Å². The highest BCUT2D eigenvalue weighted by Crippen LogP contribution is 2.05. The van der Waals surface area contributed by atoms with Crippen molar-refractivity contribution in [3.05, 3.63) is 18.2 Å². The number of urea groups is 1. The monoisotopic (exact) mass is 254 g/mol. The first-order valence-corrected chi connectivity index (χ1v) is 5.63. The van der Waals surface area contributed by atoms with Gasteiger partial charge in [0.25, 0.3) is 0 Å². The Labute approximate surface area is 105 Å². The van der Waals surface area contributed by atoms with Crippen molar-refractivity contribution in [3.8, 4) is 0 Å². The maximum absolute atomic E-state index is 12.1. The molecule has 0 aliphatic heterocycles. The molecule has 100 valence electrons. The van der Waals surface area contributed by atoms with E-state index < -0.39 is 5.97 Å². The number of nitrogens with one attached hydrogen (secondary N) is 1. The van der Waals surface area contributed by atoms with Gasteiger partial charge in [0.2, 0.25) is 0 Å². The van der Waals surface area contributed by atoms with Gasteiger partial charge in [-0.25, -0.2) is 9.78 Å². The number of aromatic nitrogens is 2. The maximum atomic E-state index is 12.1. The molecular formula is C11H18N4O3. The zero-order valence-electron chi connectivity index (χ0n) is 10.8. The predicted molar refractivity (Wildman–Crippen MR) is 64.9 cm³/mol. The Morgan fingerprint density at radius 3 is 2.61 bits per heavy atom. The standard InChI is InChI=1S/C11H18N4O3/c1-8(2)15(7-10(16)17)11(18)14(3)6-9-12-4-5-13-9/h4-5,8H,6-7H2,1-3H3,(H,12,13)(H,16,17). The third-order valence-corrected chi connectivity index (χ3v) is 2.44. The molecule has 0 aliphatic carbocycles. The van der Waals surface area contributed by atoms with E-state index in [0.29, 0.717) is 12.4 Å². The van der Waals surface area contributed by atoms with Crippen LogP contribution < -0.4 is 0 Å². The third kappa shape index (κ3) is 3.76. The summed E-state index contributed by atoms with van der Waals surface area (Å²) < 4.78 is 0. The zero-order valence-corrected chi connectivity index (χ0v) is 10.8. The highest BCUT2D eigenvalue weighted by atomic mass is 16.4. The normalized spacial score (nSPS) is 10.4. The number of imidazole rings is 1. The number of aromatic amines is 1. The van der Waals surface area contributed by atoms with Gasteiger partial charge in [0, 0.05) is 25.5 Å². The first-order chi connectivity index (χ1) is 8.41. The molecule has 1 rings (SSSR count). The Morgan fingerprint density at radius 1 is 1.50 bits per heavy atom. The molecule has 1 aromatic heterocycles. The molecule has 0 saturated carbocycles. The summed E-state index contributed by atoms with van der Waals surface area (Å²) in [5, 5.41) is 8.79. The lowest BCUT2D eigenvalue weighted by Crippen LogP contribution is -2.47. The van der Waals surface area contributed by atoms with Crippen LogP contribution in [-0.4, -0.2) is 56.5 Å². The smallest absolute Gasteiger partial charge is 0.323 e. The van der Waals surface area contributed by atoms with Gasteiger partial charge in [-0.1, -0.05) is 0 Å². The molecule has 0 atom stereocenters. The van der Waals surface area contributed by atoms with E-state index >= 15 is 0 Å². The molecule has 2 N–H and O–H groups in total. The van der Waals surface area contributed by atoms with Crippen LogP contribution in [0.4, 0.5) is 4.79 Å². The number of H-pyrrole nitrogens is 1. The van der Waals surface area contributed by atoms with E-state index in [9.17, 15) is 9.59 Å². The number of carbonyl (C=O) groups excluding carboxylic acids is 1. The molecule has 18 heavy (non-hydrogen) atoms. The highest BCUT2D eigenvalue weighted by Gasteiger charge is 2.23. The number of carboxylic acids is 1. The first-order valence-electron chi connectivity index (χ1n) is 5.63. The average Bonchev–Trinajstić information content (AvgIpc) is 2.77. The van der Waals surface area contributed by atoms with E-state index in [1.165, 1.54) is 9.80 Å². The van der Waals surface area contributed by atoms with Gasteiger partial charge in [0.1, 0.15) is 12.4 Å². The van der Waals surface area contributed by atoms with E-state index in [0.717, 1.165) is 0 Å². The van der Waals surface area contributed by atoms with Gasteiger partial charge < -0.3 is 19.9 Å². The first kappa shape index (κ1) is 14.0. The molecule has 1 aromatic rings. The summed E-state index contributed by atoms with van der Waals surface area (Å²) in [7, 11) is 1.61. The summed E-state index contributed by atoms with van der Waals surface area (Å²) in [4.78, 5) is 32.5. The average molecular weight is 254 g/mol. The molecule has 0 spiro atoms. The van der Waals surface area contributed by atoms with Crippen LogP contribution in [0.1, 0.15) is 19.7 Å². The summed E-state index contributed by atoms with van der Waals surface area (Å²) in [6, 6.07) is -0.503. The summed E-state index contributed by atoms with van der Waals surface area (Å²) in [6.45, 7) is 3.57. The van der Waals surface area contributed by atoms with Crippen molar-refractivity contribution in [2.75, 3.05) is 13.6 Å². The van der Waals surface area contributed by atoms with E-state index in [2.05, 4.69) is 9.97 Å². The van der Waals surface area contributed by atoms with Crippen molar-refractivity contribution in [2.24, 2.45) is 0 Å². The van der Waals surface area contributed by atoms with Gasteiger partial charge in [0.05, 0.1) is 6.54 Å². The summed E-state index contributed by atoms with van der Waals surface area (Å²) in [6.07, 6.45) is 3.27. The SMILES string of the molecule is CC(C)N(CC(=O)O)C(=O)N(C)Cc1ncc[nH]1. The minimum atomic E-state index is -1.02. The van der Waals surface area contributed by atoms with Crippen molar-refractivity contribution >= 4 is 12.0 Å². The molecule has 2 amide bonds. The Bertz CT molecular complexity index is 402. The number of nitrogens with zero attached hydrogens (tertiary/aromatic N) is 3. The fourth-order valence-corrected chi connectivity index (χ4v) is 1.51. The number of rotatable bonds is 5. The fraction of sp³-hybridized carbons (Fsp3) is 0.545. The quantitative estimate of drug-likeness (QED) is 0.811. The molecule has 0 radical (unpaired) electrons. The number of amides is 2. The van der Waals surface area contributed by atoms with Gasteiger partial charge >= 0.3 is 12.0 Å². The van der Waals surface area contributed by atoms with Crippen LogP contribution in [0.2, 0.25) is 0 Å². The minimum absolute atomic E-state index is 0.173. The highest BCUT2D eigenvalue weighted by molar-refractivity contribution is 5.80. The van der Waals surface area contributed by atoms with Crippen LogP contribution in [0.15, 0.2) is 12.4 Å². The molecule has 0 fully saturated rings. The van der Waals surface area contributed by atoms with E-state index in [4.69, 9.17) is 5.11 Å². The predicted octanol–water partition coefficient (Wildman–Crippen LogP) is 0.756. The Morgan fingerprint density at radius 2 is 2.17 bits per heavy atom. The topological polar surface area (TPSA) is 89.5 Å². The molecule has 0 unspecified atom stereocenters. The number of hydrogen-bond acceptors (Lipinski definition) is 3. The molecule has 1 heterocycles. The molecule has 7 heteroatoms. The number of carboxylic acid groups (broad SMARTS) is 1. The number of hydrogen-bond donors (Lipinski definition) is 2. The lowest BCUT2D eigenvalue weighted by Gasteiger charge is -2.29. The number of carbonyl (C=O) groups is 2. The van der Waals surface area contributed by atoms with Gasteiger partial charge in [-0.2, -0.15) is 0 Å². The second-order valence-corrected chi connectivity index (χ2v) is 4.29. The van der Waals surface area contributed by atoms with Crippen LogP contribution in [0.5, 0.6) is 0 Å². The van der Waals surface area contributed by atoms with Crippen molar-refractivity contribution in [3.63, 3.8) is 0 Å². The largest absolute Gasteiger partial charge is 0.480 e. The lowest BCUT2D eigenvalue weighted by atomic mass is 10.3. The molecule has 0 saturated heterocycles. The second kappa shape index (κ2) is 6.04. The minimum Gasteiger partial charge on any atom is -0.480 e. The van der Waals surface area contributed by atoms with Crippen molar-refractivity contribution < 1.29 is 14.7 Å². The molecule has 0 aromatic carbocycles. The van der Waals surface area contributed by atoms with Crippen LogP contribution in [0.3, 0.4) is 0 Å². The Kier molecular flexibility index (Phi) is 4.70. The molecule has 0 bridgehead atoms. The lowest BCUT2D eigenvalue weighted by molar-refractivity contribution is -0.138. The van der Waals surface area contributed by atoms with Crippen LogP contribution >= 0.6 is 0 Å². The maximum Gasteiger partial charge on any atom is 0.323 e. The van der Waals surface area contributed by atoms with Crippen LogP contribution in [0.25, 0.3) is 0 Å². The van der Waals surface area contributed by atoms with E-state index in [1.807, 2.05) is 0 Å². The zero-order chi connectivity index (χ0) is 13.7. The van der Waals surface area contributed by atoms with Gasteiger partial charge in [-0.05, 0) is 13.8 Å². The molecular weight excluding hydrogens is 236 g/mol. The van der Waals surface area contributed by atoms with Crippen LogP contribution in [-0.2, 0) is 11.3 Å². The van der Waals surface area contributed by atoms with Crippen molar-refractivity contribution in [1.29, 1.82) is 0 Å². The molecule has 0 aliphatic rings. The van der Waals surface area contributed by atoms with Gasteiger partial charge in [-0.15, -0.1) is 0 Å². The third-order valence-electron chi connectivity index (χ3n) is 2.44. The molecule has 7 nitrogen and oxygen atoms in total. The van der Waals surface area contributed by atoms with Gasteiger partial charge in [-0.3, -0.25) is 4.79 Å².